The monoisotopic (exact) mass is 303 g/mol. The quantitative estimate of drug-likeness (QED) is 0.862. The van der Waals surface area contributed by atoms with Gasteiger partial charge in [0.1, 0.15) is 0 Å². The second kappa shape index (κ2) is 7.04. The Morgan fingerprint density at radius 1 is 1.24 bits per heavy atom. The van der Waals surface area contributed by atoms with Gasteiger partial charge in [-0.3, -0.25) is 9.59 Å². The first kappa shape index (κ1) is 15.3. The SMILES string of the molecule is C[C@H](C(=O)O)[C@H](NC(=O)Cc1ccsc1)c1ccccc1. The van der Waals surface area contributed by atoms with Crippen molar-refractivity contribution in [3.05, 3.63) is 58.3 Å². The molecule has 0 aliphatic heterocycles. The zero-order valence-corrected chi connectivity index (χ0v) is 12.5. The Balaban J connectivity index is 2.12. The van der Waals surface area contributed by atoms with Gasteiger partial charge < -0.3 is 10.4 Å². The predicted octanol–water partition coefficient (Wildman–Crippen LogP) is 2.87. The van der Waals surface area contributed by atoms with Gasteiger partial charge in [0.05, 0.1) is 18.4 Å². The lowest BCUT2D eigenvalue weighted by Crippen LogP contribution is -2.36. The van der Waals surface area contributed by atoms with E-state index in [4.69, 9.17) is 0 Å². The molecular weight excluding hydrogens is 286 g/mol. The number of amides is 1. The number of thiophene rings is 1. The molecule has 0 spiro atoms. The number of carboxylic acid groups (broad SMARTS) is 1. The van der Waals surface area contributed by atoms with Gasteiger partial charge >= 0.3 is 5.97 Å². The Hall–Kier alpha value is -2.14. The highest BCUT2D eigenvalue weighted by molar-refractivity contribution is 7.07. The zero-order valence-electron chi connectivity index (χ0n) is 11.7. The van der Waals surface area contributed by atoms with Crippen molar-refractivity contribution in [2.24, 2.45) is 5.92 Å². The molecule has 0 saturated heterocycles. The number of hydrogen-bond donors (Lipinski definition) is 2. The lowest BCUT2D eigenvalue weighted by molar-refractivity contribution is -0.142. The van der Waals surface area contributed by atoms with E-state index in [1.807, 2.05) is 47.2 Å². The summed E-state index contributed by atoms with van der Waals surface area (Å²) in [4.78, 5) is 23.4. The van der Waals surface area contributed by atoms with Gasteiger partial charge in [-0.05, 0) is 34.9 Å². The number of aliphatic carboxylic acids is 1. The number of carboxylic acids is 1. The van der Waals surface area contributed by atoms with Crippen molar-refractivity contribution in [1.82, 2.24) is 5.32 Å². The van der Waals surface area contributed by atoms with E-state index >= 15 is 0 Å². The second-order valence-corrected chi connectivity index (χ2v) is 5.67. The number of benzene rings is 1. The van der Waals surface area contributed by atoms with E-state index in [1.54, 1.807) is 6.92 Å². The van der Waals surface area contributed by atoms with E-state index in [0.717, 1.165) is 11.1 Å². The molecule has 0 fully saturated rings. The smallest absolute Gasteiger partial charge is 0.308 e. The molecule has 21 heavy (non-hydrogen) atoms. The summed E-state index contributed by atoms with van der Waals surface area (Å²) in [6.45, 7) is 1.60. The van der Waals surface area contributed by atoms with Crippen LogP contribution in [0.3, 0.4) is 0 Å². The Labute approximate surface area is 127 Å². The van der Waals surface area contributed by atoms with E-state index in [0.29, 0.717) is 0 Å². The van der Waals surface area contributed by atoms with Crippen molar-refractivity contribution < 1.29 is 14.7 Å². The molecule has 0 unspecified atom stereocenters. The van der Waals surface area contributed by atoms with Gasteiger partial charge in [-0.2, -0.15) is 11.3 Å². The van der Waals surface area contributed by atoms with Crippen LogP contribution in [0.2, 0.25) is 0 Å². The maximum atomic E-state index is 12.1. The highest BCUT2D eigenvalue weighted by atomic mass is 32.1. The van der Waals surface area contributed by atoms with Gasteiger partial charge in [0.15, 0.2) is 0 Å². The molecule has 2 aromatic rings. The summed E-state index contributed by atoms with van der Waals surface area (Å²) < 4.78 is 0. The van der Waals surface area contributed by atoms with E-state index in [2.05, 4.69) is 5.32 Å². The van der Waals surface area contributed by atoms with Crippen LogP contribution < -0.4 is 5.32 Å². The summed E-state index contributed by atoms with van der Waals surface area (Å²) >= 11 is 1.53. The number of carbonyl (C=O) groups is 2. The fraction of sp³-hybridized carbons (Fsp3) is 0.250. The Morgan fingerprint density at radius 2 is 1.95 bits per heavy atom. The third-order valence-electron chi connectivity index (χ3n) is 3.31. The van der Waals surface area contributed by atoms with Crippen LogP contribution in [-0.4, -0.2) is 17.0 Å². The van der Waals surface area contributed by atoms with Crippen LogP contribution >= 0.6 is 11.3 Å². The molecule has 4 nitrogen and oxygen atoms in total. The van der Waals surface area contributed by atoms with Crippen LogP contribution in [0.5, 0.6) is 0 Å². The molecule has 2 rings (SSSR count). The first-order valence-electron chi connectivity index (χ1n) is 6.66. The third-order valence-corrected chi connectivity index (χ3v) is 4.04. The van der Waals surface area contributed by atoms with Crippen LogP contribution in [0, 0.1) is 5.92 Å². The van der Waals surface area contributed by atoms with E-state index in [1.165, 1.54) is 11.3 Å². The summed E-state index contributed by atoms with van der Waals surface area (Å²) in [5, 5.41) is 15.9. The molecule has 1 heterocycles. The highest BCUT2D eigenvalue weighted by Gasteiger charge is 2.26. The predicted molar refractivity (Wildman–Crippen MR) is 82.1 cm³/mol. The van der Waals surface area contributed by atoms with Crippen LogP contribution in [0.4, 0.5) is 0 Å². The zero-order chi connectivity index (χ0) is 15.2. The maximum absolute atomic E-state index is 12.1. The van der Waals surface area contributed by atoms with E-state index in [-0.39, 0.29) is 12.3 Å². The van der Waals surface area contributed by atoms with Crippen molar-refractivity contribution in [3.63, 3.8) is 0 Å². The largest absolute Gasteiger partial charge is 0.481 e. The molecule has 0 saturated carbocycles. The molecule has 2 atom stereocenters. The average molecular weight is 303 g/mol. The van der Waals surface area contributed by atoms with Gasteiger partial charge in [0.2, 0.25) is 5.91 Å². The van der Waals surface area contributed by atoms with Gasteiger partial charge in [-0.1, -0.05) is 30.3 Å². The lowest BCUT2D eigenvalue weighted by Gasteiger charge is -2.23. The van der Waals surface area contributed by atoms with Crippen molar-refractivity contribution in [3.8, 4) is 0 Å². The van der Waals surface area contributed by atoms with Crippen LogP contribution in [0.25, 0.3) is 0 Å². The Kier molecular flexibility index (Phi) is 5.11. The summed E-state index contributed by atoms with van der Waals surface area (Å²) in [7, 11) is 0. The normalized spacial score (nSPS) is 13.4. The fourth-order valence-electron chi connectivity index (χ4n) is 2.10. The number of nitrogens with one attached hydrogen (secondary N) is 1. The van der Waals surface area contributed by atoms with Gasteiger partial charge in [0.25, 0.3) is 0 Å². The van der Waals surface area contributed by atoms with Gasteiger partial charge in [-0.15, -0.1) is 0 Å². The Morgan fingerprint density at radius 3 is 2.52 bits per heavy atom. The molecular formula is C16H17NO3S. The summed E-state index contributed by atoms with van der Waals surface area (Å²) in [5.41, 5.74) is 1.73. The first-order valence-corrected chi connectivity index (χ1v) is 7.60. The molecule has 1 amide bonds. The molecule has 0 radical (unpaired) electrons. The van der Waals surface area contributed by atoms with E-state index < -0.39 is 17.9 Å². The van der Waals surface area contributed by atoms with Crippen molar-refractivity contribution >= 4 is 23.2 Å². The molecule has 1 aromatic heterocycles. The number of hydrogen-bond acceptors (Lipinski definition) is 3. The Bertz CT molecular complexity index is 595. The topological polar surface area (TPSA) is 66.4 Å². The highest BCUT2D eigenvalue weighted by Crippen LogP contribution is 2.22. The third kappa shape index (κ3) is 4.16. The molecule has 0 aliphatic rings. The first-order chi connectivity index (χ1) is 10.1. The average Bonchev–Trinajstić information content (AvgIpc) is 2.97. The summed E-state index contributed by atoms with van der Waals surface area (Å²) in [6, 6.07) is 10.5. The number of carbonyl (C=O) groups excluding carboxylic acids is 1. The van der Waals surface area contributed by atoms with Crippen molar-refractivity contribution in [1.29, 1.82) is 0 Å². The van der Waals surface area contributed by atoms with Crippen LogP contribution in [0.1, 0.15) is 24.1 Å². The minimum atomic E-state index is -0.931. The standard InChI is InChI=1S/C16H17NO3S/c1-11(16(19)20)15(13-5-3-2-4-6-13)17-14(18)9-12-7-8-21-10-12/h2-8,10-11,15H,9H2,1H3,(H,17,18)(H,19,20)/t11-,15-/m0/s1. The molecule has 2 N–H and O–H groups in total. The van der Waals surface area contributed by atoms with Gasteiger partial charge in [0, 0.05) is 0 Å². The van der Waals surface area contributed by atoms with Gasteiger partial charge in [-0.25, -0.2) is 0 Å². The molecule has 5 heteroatoms. The minimum Gasteiger partial charge on any atom is -0.481 e. The maximum Gasteiger partial charge on any atom is 0.308 e. The van der Waals surface area contributed by atoms with Crippen molar-refractivity contribution in [2.75, 3.05) is 0 Å². The van der Waals surface area contributed by atoms with Crippen LogP contribution in [-0.2, 0) is 16.0 Å². The molecule has 0 bridgehead atoms. The lowest BCUT2D eigenvalue weighted by atomic mass is 9.94. The second-order valence-electron chi connectivity index (χ2n) is 4.89. The van der Waals surface area contributed by atoms with E-state index in [9.17, 15) is 14.7 Å². The molecule has 0 aliphatic carbocycles. The fourth-order valence-corrected chi connectivity index (χ4v) is 2.77. The van der Waals surface area contributed by atoms with Crippen molar-refractivity contribution in [2.45, 2.75) is 19.4 Å². The molecule has 1 aromatic carbocycles. The summed E-state index contributed by atoms with van der Waals surface area (Å²) in [6.07, 6.45) is 0.263. The summed E-state index contributed by atoms with van der Waals surface area (Å²) in [5.74, 6) is -1.80. The minimum absolute atomic E-state index is 0.171. The van der Waals surface area contributed by atoms with Crippen LogP contribution in [0.15, 0.2) is 47.2 Å². The molecule has 110 valence electrons. The number of rotatable bonds is 6.